The summed E-state index contributed by atoms with van der Waals surface area (Å²) in [5.74, 6) is -1.06. The van der Waals surface area contributed by atoms with Crippen molar-refractivity contribution in [2.75, 3.05) is 6.61 Å². The normalized spacial score (nSPS) is 11.6. The number of rotatable bonds is 3. The lowest BCUT2D eigenvalue weighted by Crippen LogP contribution is -1.93. The van der Waals surface area contributed by atoms with Crippen LogP contribution in [0.15, 0.2) is 11.0 Å². The number of thiol groups is 1. The summed E-state index contributed by atoms with van der Waals surface area (Å²) >= 11 is 3.61. The van der Waals surface area contributed by atoms with Crippen molar-refractivity contribution in [1.82, 2.24) is 0 Å². The second-order valence-corrected chi connectivity index (χ2v) is 1.89. The summed E-state index contributed by atoms with van der Waals surface area (Å²) < 4.78 is 0. The van der Waals surface area contributed by atoms with Gasteiger partial charge in [0.25, 0.3) is 0 Å². The topological polar surface area (TPSA) is 57.5 Å². The fraction of sp³-hybridized carbons (Fsp3) is 0.400. The first-order valence-electron chi connectivity index (χ1n) is 2.41. The smallest absolute Gasteiger partial charge is 0.341 e. The first-order chi connectivity index (χ1) is 4.18. The summed E-state index contributed by atoms with van der Waals surface area (Å²) in [6.07, 6.45) is 1.69. The van der Waals surface area contributed by atoms with Gasteiger partial charge in [0.15, 0.2) is 0 Å². The highest BCUT2D eigenvalue weighted by Crippen LogP contribution is 2.00. The summed E-state index contributed by atoms with van der Waals surface area (Å²) in [6, 6.07) is 0. The average Bonchev–Trinajstić information content (AvgIpc) is 1.82. The Morgan fingerprint density at radius 3 is 2.56 bits per heavy atom. The van der Waals surface area contributed by atoms with Crippen LogP contribution in [0.25, 0.3) is 0 Å². The molecule has 0 aromatic rings. The van der Waals surface area contributed by atoms with E-state index in [1.807, 2.05) is 0 Å². The number of aliphatic hydroxyl groups is 1. The third-order valence-corrected chi connectivity index (χ3v) is 1.06. The summed E-state index contributed by atoms with van der Waals surface area (Å²) in [7, 11) is 0. The highest BCUT2D eigenvalue weighted by molar-refractivity contribution is 7.85. The molecule has 0 amide bonds. The van der Waals surface area contributed by atoms with Crippen molar-refractivity contribution < 1.29 is 15.0 Å². The van der Waals surface area contributed by atoms with Gasteiger partial charge in [-0.15, -0.1) is 12.6 Å². The van der Waals surface area contributed by atoms with Gasteiger partial charge in [-0.2, -0.15) is 0 Å². The van der Waals surface area contributed by atoms with Gasteiger partial charge < -0.3 is 10.2 Å². The first kappa shape index (κ1) is 8.52. The Kier molecular flexibility index (Phi) is 4.17. The van der Waals surface area contributed by atoms with Crippen molar-refractivity contribution in [3.05, 3.63) is 11.0 Å². The van der Waals surface area contributed by atoms with Crippen LogP contribution in [0.1, 0.15) is 6.42 Å². The highest BCUT2D eigenvalue weighted by atomic mass is 32.1. The Labute approximate surface area is 58.4 Å². The van der Waals surface area contributed by atoms with Gasteiger partial charge in [0, 0.05) is 6.61 Å². The van der Waals surface area contributed by atoms with Crippen LogP contribution >= 0.6 is 12.6 Å². The Morgan fingerprint density at radius 2 is 2.22 bits per heavy atom. The molecule has 0 atom stereocenters. The lowest BCUT2D eigenvalue weighted by molar-refractivity contribution is -0.131. The van der Waals surface area contributed by atoms with Gasteiger partial charge in [-0.05, 0) is 6.42 Å². The van der Waals surface area contributed by atoms with Crippen LogP contribution in [0.2, 0.25) is 0 Å². The zero-order chi connectivity index (χ0) is 7.28. The second-order valence-electron chi connectivity index (χ2n) is 1.41. The molecule has 9 heavy (non-hydrogen) atoms. The summed E-state index contributed by atoms with van der Waals surface area (Å²) in [4.78, 5) is 9.95. The van der Waals surface area contributed by atoms with E-state index in [0.29, 0.717) is 6.42 Å². The zero-order valence-electron chi connectivity index (χ0n) is 4.74. The van der Waals surface area contributed by atoms with Crippen molar-refractivity contribution in [3.8, 4) is 0 Å². The third-order valence-electron chi connectivity index (χ3n) is 0.686. The number of aliphatic carboxylic acids is 1. The van der Waals surface area contributed by atoms with E-state index in [4.69, 9.17) is 10.2 Å². The van der Waals surface area contributed by atoms with E-state index in [1.54, 1.807) is 0 Å². The lowest BCUT2D eigenvalue weighted by Gasteiger charge is -1.88. The van der Waals surface area contributed by atoms with Crippen molar-refractivity contribution in [2.45, 2.75) is 6.42 Å². The van der Waals surface area contributed by atoms with Crippen molar-refractivity contribution in [2.24, 2.45) is 0 Å². The minimum absolute atomic E-state index is 0.0240. The van der Waals surface area contributed by atoms with Crippen molar-refractivity contribution in [1.29, 1.82) is 0 Å². The molecule has 0 saturated heterocycles. The molecule has 0 aliphatic carbocycles. The van der Waals surface area contributed by atoms with Crippen LogP contribution in [0, 0.1) is 0 Å². The molecule has 0 unspecified atom stereocenters. The van der Waals surface area contributed by atoms with Gasteiger partial charge in [-0.3, -0.25) is 0 Å². The van der Waals surface area contributed by atoms with Crippen LogP contribution < -0.4 is 0 Å². The molecule has 4 heteroatoms. The number of carbonyl (C=O) groups is 1. The van der Waals surface area contributed by atoms with E-state index >= 15 is 0 Å². The van der Waals surface area contributed by atoms with E-state index in [-0.39, 0.29) is 11.5 Å². The number of hydrogen-bond acceptors (Lipinski definition) is 3. The van der Waals surface area contributed by atoms with Crippen molar-refractivity contribution in [3.63, 3.8) is 0 Å². The molecular formula is C5H8O3S. The summed E-state index contributed by atoms with van der Waals surface area (Å²) in [6.45, 7) is -0.0443. The van der Waals surface area contributed by atoms with Gasteiger partial charge in [-0.1, -0.05) is 6.08 Å². The highest BCUT2D eigenvalue weighted by Gasteiger charge is 1.97. The fourth-order valence-corrected chi connectivity index (χ4v) is 0.418. The lowest BCUT2D eigenvalue weighted by atomic mass is 10.4. The van der Waals surface area contributed by atoms with Crippen molar-refractivity contribution >= 4 is 18.6 Å². The first-order valence-corrected chi connectivity index (χ1v) is 2.86. The Balaban J connectivity index is 3.69. The molecule has 0 heterocycles. The maximum atomic E-state index is 9.98. The number of hydrogen-bond donors (Lipinski definition) is 3. The van der Waals surface area contributed by atoms with Crippen LogP contribution in [0.5, 0.6) is 0 Å². The standard InChI is InChI=1S/C5H8O3S/c6-3-1-2-4(9)5(7)8/h2,6,9H,1,3H2,(H,7,8). The SMILES string of the molecule is O=C(O)C(S)=CCCO. The van der Waals surface area contributed by atoms with Crippen LogP contribution in [0.3, 0.4) is 0 Å². The molecule has 0 aliphatic rings. The number of carboxylic acids is 1. The molecule has 0 spiro atoms. The van der Waals surface area contributed by atoms with Crippen LogP contribution in [-0.2, 0) is 4.79 Å². The molecule has 3 nitrogen and oxygen atoms in total. The largest absolute Gasteiger partial charge is 0.477 e. The zero-order valence-corrected chi connectivity index (χ0v) is 5.64. The van der Waals surface area contributed by atoms with Gasteiger partial charge in [0.2, 0.25) is 0 Å². The number of carboxylic acid groups (broad SMARTS) is 1. The molecule has 0 radical (unpaired) electrons. The summed E-state index contributed by atoms with van der Waals surface area (Å²) in [5.41, 5.74) is 0. The Morgan fingerprint density at radius 1 is 1.67 bits per heavy atom. The molecule has 2 N–H and O–H groups in total. The Bertz CT molecular complexity index is 130. The number of aliphatic hydroxyl groups excluding tert-OH is 1. The van der Waals surface area contributed by atoms with Crippen LogP contribution in [-0.4, -0.2) is 22.8 Å². The molecule has 0 fully saturated rings. The van der Waals surface area contributed by atoms with Gasteiger partial charge >= 0.3 is 5.97 Å². The van der Waals surface area contributed by atoms with Gasteiger partial charge in [-0.25, -0.2) is 4.79 Å². The van der Waals surface area contributed by atoms with Crippen LogP contribution in [0.4, 0.5) is 0 Å². The fourth-order valence-electron chi connectivity index (χ4n) is 0.289. The molecular weight excluding hydrogens is 140 g/mol. The van der Waals surface area contributed by atoms with E-state index in [1.165, 1.54) is 6.08 Å². The minimum atomic E-state index is -1.06. The minimum Gasteiger partial charge on any atom is -0.477 e. The van der Waals surface area contributed by atoms with Gasteiger partial charge in [0.05, 0.1) is 4.91 Å². The monoisotopic (exact) mass is 148 g/mol. The molecule has 0 aromatic carbocycles. The van der Waals surface area contributed by atoms with Gasteiger partial charge in [0.1, 0.15) is 0 Å². The molecule has 52 valence electrons. The maximum Gasteiger partial charge on any atom is 0.341 e. The molecule has 0 bridgehead atoms. The van der Waals surface area contributed by atoms with E-state index in [9.17, 15) is 4.79 Å². The summed E-state index contributed by atoms with van der Waals surface area (Å²) in [5, 5.41) is 16.4. The molecule has 0 aliphatic heterocycles. The molecule has 0 rings (SSSR count). The third kappa shape index (κ3) is 4.05. The predicted octanol–water partition coefficient (Wildman–Crippen LogP) is 0.267. The molecule has 0 aromatic heterocycles. The molecule has 0 saturated carbocycles. The maximum absolute atomic E-state index is 9.98. The van der Waals surface area contributed by atoms with E-state index in [2.05, 4.69) is 12.6 Å². The predicted molar refractivity (Wildman–Crippen MR) is 36.4 cm³/mol. The second kappa shape index (κ2) is 4.40. The van der Waals surface area contributed by atoms with E-state index in [0.717, 1.165) is 0 Å². The van der Waals surface area contributed by atoms with E-state index < -0.39 is 5.97 Å². The average molecular weight is 148 g/mol. The Hall–Kier alpha value is -0.480. The quantitative estimate of drug-likeness (QED) is 0.397.